The largest absolute Gasteiger partial charge is 0.463 e. The number of benzene rings is 1. The minimum absolute atomic E-state index is 0.0177. The maximum atomic E-state index is 13.1. The van der Waals surface area contributed by atoms with E-state index in [1.807, 2.05) is 0 Å². The molecule has 0 aliphatic rings. The predicted octanol–water partition coefficient (Wildman–Crippen LogP) is 5.02. The van der Waals surface area contributed by atoms with Crippen molar-refractivity contribution in [1.82, 2.24) is 9.38 Å². The lowest BCUT2D eigenvalue weighted by Crippen LogP contribution is -2.09. The molecule has 6 nitrogen and oxygen atoms in total. The van der Waals surface area contributed by atoms with Crippen molar-refractivity contribution in [2.75, 3.05) is 6.61 Å². The minimum atomic E-state index is -4.59. The molecule has 0 bridgehead atoms. The molecule has 1 aromatic carbocycles. The Morgan fingerprint density at radius 3 is 2.61 bits per heavy atom. The molecule has 0 fully saturated rings. The highest BCUT2D eigenvalue weighted by Crippen LogP contribution is 2.31. The molecule has 0 saturated carbocycles. The van der Waals surface area contributed by atoms with Crippen molar-refractivity contribution in [3.8, 4) is 11.5 Å². The van der Waals surface area contributed by atoms with Crippen molar-refractivity contribution in [1.29, 1.82) is 0 Å². The van der Waals surface area contributed by atoms with Crippen LogP contribution in [0.4, 0.5) is 13.2 Å². The number of hydrogen-bond acceptors (Lipinski definition) is 5. The van der Waals surface area contributed by atoms with Crippen LogP contribution in [0, 0.1) is 0 Å². The average Bonchev–Trinajstić information content (AvgIpc) is 3.41. The van der Waals surface area contributed by atoms with Crippen LogP contribution in [0.5, 0.6) is 0 Å². The molecule has 0 aliphatic carbocycles. The van der Waals surface area contributed by atoms with Crippen LogP contribution in [0.1, 0.15) is 38.9 Å². The van der Waals surface area contributed by atoms with E-state index in [-0.39, 0.29) is 23.4 Å². The van der Waals surface area contributed by atoms with Gasteiger partial charge in [-0.1, -0.05) is 12.1 Å². The van der Waals surface area contributed by atoms with Gasteiger partial charge in [0.15, 0.2) is 5.76 Å². The van der Waals surface area contributed by atoms with E-state index < -0.39 is 23.5 Å². The fraction of sp³-hybridized carbons (Fsp3) is 0.136. The fourth-order valence-corrected chi connectivity index (χ4v) is 3.19. The molecule has 158 valence electrons. The Labute approximate surface area is 173 Å². The monoisotopic (exact) mass is 428 g/mol. The number of aromatic nitrogens is 2. The second kappa shape index (κ2) is 7.75. The third kappa shape index (κ3) is 3.81. The van der Waals surface area contributed by atoms with Crippen molar-refractivity contribution < 1.29 is 31.9 Å². The number of fused-ring (bicyclic) bond motifs is 1. The van der Waals surface area contributed by atoms with Gasteiger partial charge in [0.25, 0.3) is 0 Å². The molecule has 4 aromatic rings. The normalized spacial score (nSPS) is 11.6. The SMILES string of the molecule is CCOC(=O)c1cc(C(=O)c2cccc(C(F)(F)F)c2)n2cnc(-c3ccco3)cc12. The van der Waals surface area contributed by atoms with Gasteiger partial charge in [-0.25, -0.2) is 9.78 Å². The molecule has 31 heavy (non-hydrogen) atoms. The summed E-state index contributed by atoms with van der Waals surface area (Å²) in [6.07, 6.45) is -1.81. The molecule has 0 unspecified atom stereocenters. The molecule has 3 heterocycles. The molecular weight excluding hydrogens is 413 g/mol. The third-order valence-electron chi connectivity index (χ3n) is 4.62. The second-order valence-electron chi connectivity index (χ2n) is 6.58. The number of rotatable bonds is 5. The predicted molar refractivity (Wildman–Crippen MR) is 104 cm³/mol. The zero-order valence-electron chi connectivity index (χ0n) is 16.1. The van der Waals surface area contributed by atoms with Crippen LogP contribution in [0.3, 0.4) is 0 Å². The first-order chi connectivity index (χ1) is 14.8. The Morgan fingerprint density at radius 1 is 1.13 bits per heavy atom. The van der Waals surface area contributed by atoms with E-state index >= 15 is 0 Å². The zero-order chi connectivity index (χ0) is 22.2. The molecule has 0 spiro atoms. The lowest BCUT2D eigenvalue weighted by Gasteiger charge is -2.08. The van der Waals surface area contributed by atoms with E-state index in [1.54, 1.807) is 25.1 Å². The van der Waals surface area contributed by atoms with Gasteiger partial charge in [0.05, 0.1) is 35.2 Å². The molecule has 3 aromatic heterocycles. The van der Waals surface area contributed by atoms with Crippen LogP contribution in [0.25, 0.3) is 17.0 Å². The standard InChI is InChI=1S/C22H15F3N2O4/c1-2-30-21(29)15-10-18(20(28)13-5-3-6-14(9-13)22(23,24)25)27-12-26-16(11-17(15)27)19-7-4-8-31-19/h3-12H,2H2,1H3. The van der Waals surface area contributed by atoms with Gasteiger partial charge in [0, 0.05) is 5.56 Å². The van der Waals surface area contributed by atoms with Gasteiger partial charge in [0.1, 0.15) is 12.0 Å². The van der Waals surface area contributed by atoms with Crippen molar-refractivity contribution >= 4 is 17.3 Å². The van der Waals surface area contributed by atoms with E-state index in [1.165, 1.54) is 29.1 Å². The number of carbonyl (C=O) groups excluding carboxylic acids is 2. The lowest BCUT2D eigenvalue weighted by molar-refractivity contribution is -0.137. The van der Waals surface area contributed by atoms with Crippen molar-refractivity contribution in [2.45, 2.75) is 13.1 Å². The van der Waals surface area contributed by atoms with E-state index in [4.69, 9.17) is 9.15 Å². The Kier molecular flexibility index (Phi) is 5.10. The van der Waals surface area contributed by atoms with Gasteiger partial charge in [-0.15, -0.1) is 0 Å². The number of nitrogens with zero attached hydrogens (tertiary/aromatic N) is 2. The number of alkyl halides is 3. The summed E-state index contributed by atoms with van der Waals surface area (Å²) in [6.45, 7) is 1.75. The average molecular weight is 428 g/mol. The van der Waals surface area contributed by atoms with Crippen molar-refractivity contribution in [2.24, 2.45) is 0 Å². The summed E-state index contributed by atoms with van der Waals surface area (Å²) in [6, 6.07) is 10.3. The number of carbonyl (C=O) groups is 2. The zero-order valence-corrected chi connectivity index (χ0v) is 16.1. The van der Waals surface area contributed by atoms with Crippen molar-refractivity contribution in [3.63, 3.8) is 0 Å². The summed E-state index contributed by atoms with van der Waals surface area (Å²) in [5, 5.41) is 0. The van der Waals surface area contributed by atoms with E-state index in [0.717, 1.165) is 18.2 Å². The Hall–Kier alpha value is -3.88. The van der Waals surface area contributed by atoms with Crippen LogP contribution in [0.15, 0.2) is 65.5 Å². The summed E-state index contributed by atoms with van der Waals surface area (Å²) < 4.78 is 50.9. The molecule has 0 radical (unpaired) electrons. The second-order valence-corrected chi connectivity index (χ2v) is 6.58. The molecule has 9 heteroatoms. The number of ketones is 1. The highest BCUT2D eigenvalue weighted by molar-refractivity contribution is 6.11. The van der Waals surface area contributed by atoms with Gasteiger partial charge in [0.2, 0.25) is 5.78 Å². The summed E-state index contributed by atoms with van der Waals surface area (Å²) >= 11 is 0. The smallest absolute Gasteiger partial charge is 0.416 e. The van der Waals surface area contributed by atoms with Crippen LogP contribution in [-0.2, 0) is 10.9 Å². The first kappa shape index (κ1) is 20.4. The number of ether oxygens (including phenoxy) is 1. The van der Waals surface area contributed by atoms with E-state index in [2.05, 4.69) is 4.98 Å². The van der Waals surface area contributed by atoms with Crippen LogP contribution in [0.2, 0.25) is 0 Å². The topological polar surface area (TPSA) is 73.8 Å². The summed E-state index contributed by atoms with van der Waals surface area (Å²) in [5.74, 6) is -0.909. The molecule has 0 amide bonds. The molecule has 0 N–H and O–H groups in total. The van der Waals surface area contributed by atoms with Gasteiger partial charge >= 0.3 is 12.1 Å². The molecule has 0 aliphatic heterocycles. The summed E-state index contributed by atoms with van der Waals surface area (Å²) in [7, 11) is 0. The summed E-state index contributed by atoms with van der Waals surface area (Å²) in [5.41, 5.74) is -0.305. The molecule has 4 rings (SSSR count). The van der Waals surface area contributed by atoms with E-state index in [0.29, 0.717) is 17.0 Å². The third-order valence-corrected chi connectivity index (χ3v) is 4.62. The first-order valence-corrected chi connectivity index (χ1v) is 9.23. The van der Waals surface area contributed by atoms with Gasteiger partial charge in [-0.3, -0.25) is 9.20 Å². The maximum Gasteiger partial charge on any atom is 0.416 e. The van der Waals surface area contributed by atoms with E-state index in [9.17, 15) is 22.8 Å². The van der Waals surface area contributed by atoms with Crippen molar-refractivity contribution in [3.05, 3.63) is 83.5 Å². The van der Waals surface area contributed by atoms with Gasteiger partial charge in [-0.05, 0) is 43.3 Å². The molecule has 0 saturated heterocycles. The van der Waals surface area contributed by atoms with Crippen LogP contribution in [-0.4, -0.2) is 27.7 Å². The number of esters is 1. The Morgan fingerprint density at radius 2 is 1.94 bits per heavy atom. The number of halogens is 3. The van der Waals surface area contributed by atoms with Gasteiger partial charge < -0.3 is 9.15 Å². The van der Waals surface area contributed by atoms with Crippen LogP contribution >= 0.6 is 0 Å². The fourth-order valence-electron chi connectivity index (χ4n) is 3.19. The Bertz CT molecular complexity index is 1270. The highest BCUT2D eigenvalue weighted by atomic mass is 19.4. The number of furan rings is 1. The first-order valence-electron chi connectivity index (χ1n) is 9.23. The lowest BCUT2D eigenvalue weighted by atomic mass is 10.0. The molecular formula is C22H15F3N2O4. The number of hydrogen-bond donors (Lipinski definition) is 0. The van der Waals surface area contributed by atoms with Gasteiger partial charge in [-0.2, -0.15) is 13.2 Å². The summed E-state index contributed by atoms with van der Waals surface area (Å²) in [4.78, 5) is 29.8. The van der Waals surface area contributed by atoms with Crippen LogP contribution < -0.4 is 0 Å². The quantitative estimate of drug-likeness (QED) is 0.330. The Balaban J connectivity index is 1.86. The maximum absolute atomic E-state index is 13.1. The minimum Gasteiger partial charge on any atom is -0.463 e. The highest BCUT2D eigenvalue weighted by Gasteiger charge is 2.31. The molecule has 0 atom stereocenters.